The van der Waals surface area contributed by atoms with Crippen LogP contribution in [0.5, 0.6) is 0 Å². The number of nitrogens with zero attached hydrogens (tertiary/aromatic N) is 2. The second-order valence-corrected chi connectivity index (χ2v) is 8.53. The van der Waals surface area contributed by atoms with Crippen LogP contribution in [0.15, 0.2) is 42.7 Å². The monoisotopic (exact) mass is 462 g/mol. The summed E-state index contributed by atoms with van der Waals surface area (Å²) in [6.45, 7) is 7.10. The molecule has 0 aliphatic heterocycles. The number of alkyl halides is 3. The molecule has 7 nitrogen and oxygen atoms in total. The highest BCUT2D eigenvalue weighted by Crippen LogP contribution is 2.30. The third kappa shape index (κ3) is 6.24. The number of hydrogen-bond acceptors (Lipinski definition) is 5. The first kappa shape index (κ1) is 24.1. The summed E-state index contributed by atoms with van der Waals surface area (Å²) in [6, 6.07) is 7.70. The Hall–Kier alpha value is -3.56. The highest BCUT2D eigenvalue weighted by atomic mass is 19.4. The first-order valence-corrected chi connectivity index (χ1v) is 10.3. The topological polar surface area (TPSA) is 85.2 Å². The smallest absolute Gasteiger partial charge is 0.419 e. The zero-order valence-electron chi connectivity index (χ0n) is 18.7. The van der Waals surface area contributed by atoms with Crippen molar-refractivity contribution in [2.24, 2.45) is 0 Å². The minimum Gasteiger partial charge on any atom is -0.443 e. The van der Waals surface area contributed by atoms with Crippen molar-refractivity contribution in [2.45, 2.75) is 45.9 Å². The molecular formula is C23H25F3N4O3. The van der Waals surface area contributed by atoms with Gasteiger partial charge in [-0.1, -0.05) is 6.07 Å². The van der Waals surface area contributed by atoms with Gasteiger partial charge >= 0.3 is 12.3 Å². The quantitative estimate of drug-likeness (QED) is 0.527. The second-order valence-electron chi connectivity index (χ2n) is 8.53. The lowest BCUT2D eigenvalue weighted by atomic mass is 10.1. The van der Waals surface area contributed by atoms with Crippen LogP contribution in [0.3, 0.4) is 0 Å². The lowest BCUT2D eigenvalue weighted by Crippen LogP contribution is -2.26. The fraction of sp³-hybridized carbons (Fsp3) is 0.348. The summed E-state index contributed by atoms with van der Waals surface area (Å²) in [5, 5.41) is 6.38. The van der Waals surface area contributed by atoms with Crippen LogP contribution in [-0.2, 0) is 22.1 Å². The summed E-state index contributed by atoms with van der Waals surface area (Å²) in [4.78, 5) is 28.0. The van der Waals surface area contributed by atoms with Crippen LogP contribution in [0.1, 0.15) is 38.8 Å². The number of benzene rings is 1. The molecule has 0 saturated heterocycles. The maximum Gasteiger partial charge on any atom is 0.419 e. The molecule has 33 heavy (non-hydrogen) atoms. The standard InChI is InChI=1S/C23H25F3N4O3/c1-14(31)29-18-13-30(21(32)33-22(2,3)4)19-7-5-15(11-17(18)19)9-10-27-20-8-6-16(12-28-20)23(24,25)26/h5-8,11-13H,9-10H2,1-4H3,(H,27,28)(H,29,31). The van der Waals surface area contributed by atoms with E-state index in [1.165, 1.54) is 23.8 Å². The van der Waals surface area contributed by atoms with Crippen molar-refractivity contribution in [3.05, 3.63) is 53.9 Å². The number of nitrogens with one attached hydrogen (secondary N) is 2. The number of carbonyl (C=O) groups excluding carboxylic acids is 2. The molecule has 3 rings (SSSR count). The Kier molecular flexibility index (Phi) is 6.66. The lowest BCUT2D eigenvalue weighted by Gasteiger charge is -2.19. The number of halogens is 3. The molecule has 0 bridgehead atoms. The van der Waals surface area contributed by atoms with Crippen molar-refractivity contribution in [1.82, 2.24) is 9.55 Å². The number of ether oxygens (including phenoxy) is 1. The molecule has 0 atom stereocenters. The molecule has 2 aromatic heterocycles. The summed E-state index contributed by atoms with van der Waals surface area (Å²) >= 11 is 0. The Balaban J connectivity index is 1.77. The summed E-state index contributed by atoms with van der Waals surface area (Å²) in [5.41, 5.74) is 0.463. The fourth-order valence-corrected chi connectivity index (χ4v) is 3.19. The molecule has 0 spiro atoms. The van der Waals surface area contributed by atoms with Gasteiger partial charge in [0.1, 0.15) is 11.4 Å². The van der Waals surface area contributed by atoms with Gasteiger partial charge in [0.2, 0.25) is 5.91 Å². The average Bonchev–Trinajstić information content (AvgIpc) is 3.04. The fourth-order valence-electron chi connectivity index (χ4n) is 3.19. The van der Waals surface area contributed by atoms with Crippen molar-refractivity contribution >= 4 is 34.4 Å². The molecule has 0 unspecified atom stereocenters. The van der Waals surface area contributed by atoms with E-state index in [0.29, 0.717) is 35.4 Å². The maximum atomic E-state index is 12.6. The molecule has 0 radical (unpaired) electrons. The van der Waals surface area contributed by atoms with E-state index in [4.69, 9.17) is 4.74 Å². The van der Waals surface area contributed by atoms with Crippen LogP contribution in [-0.4, -0.2) is 33.7 Å². The Labute approximate surface area is 188 Å². The van der Waals surface area contributed by atoms with E-state index in [0.717, 1.165) is 17.8 Å². The van der Waals surface area contributed by atoms with E-state index in [1.807, 2.05) is 12.1 Å². The van der Waals surface area contributed by atoms with Gasteiger partial charge in [-0.3, -0.25) is 9.36 Å². The first-order chi connectivity index (χ1) is 15.3. The zero-order chi connectivity index (χ0) is 24.4. The predicted molar refractivity (Wildman–Crippen MR) is 119 cm³/mol. The number of hydrogen-bond donors (Lipinski definition) is 2. The molecule has 176 valence electrons. The highest BCUT2D eigenvalue weighted by molar-refractivity contribution is 6.04. The number of amides is 1. The number of anilines is 2. The molecular weight excluding hydrogens is 437 g/mol. The highest BCUT2D eigenvalue weighted by Gasteiger charge is 2.30. The van der Waals surface area contributed by atoms with E-state index in [1.54, 1.807) is 26.8 Å². The van der Waals surface area contributed by atoms with Gasteiger partial charge < -0.3 is 15.4 Å². The molecule has 0 aliphatic carbocycles. The molecule has 0 aliphatic rings. The Morgan fingerprint density at radius 2 is 1.85 bits per heavy atom. The van der Waals surface area contributed by atoms with Crippen molar-refractivity contribution < 1.29 is 27.5 Å². The summed E-state index contributed by atoms with van der Waals surface area (Å²) < 4.78 is 44.7. The molecule has 1 amide bonds. The van der Waals surface area contributed by atoms with Gasteiger partial charge in [-0.05, 0) is 57.0 Å². The van der Waals surface area contributed by atoms with Gasteiger partial charge in [0, 0.05) is 31.2 Å². The molecule has 3 aromatic rings. The molecule has 1 aromatic carbocycles. The Morgan fingerprint density at radius 1 is 1.12 bits per heavy atom. The first-order valence-electron chi connectivity index (χ1n) is 10.3. The van der Waals surface area contributed by atoms with Crippen LogP contribution >= 0.6 is 0 Å². The summed E-state index contributed by atoms with van der Waals surface area (Å²) in [6.07, 6.45) is -2.15. The number of aromatic nitrogens is 2. The van der Waals surface area contributed by atoms with Crippen LogP contribution < -0.4 is 10.6 Å². The normalized spacial score (nSPS) is 12.0. The third-order valence-electron chi connectivity index (χ3n) is 4.58. The van der Waals surface area contributed by atoms with Crippen LogP contribution in [0.25, 0.3) is 10.9 Å². The van der Waals surface area contributed by atoms with Gasteiger partial charge in [0.25, 0.3) is 0 Å². The van der Waals surface area contributed by atoms with E-state index >= 15 is 0 Å². The van der Waals surface area contributed by atoms with Crippen LogP contribution in [0, 0.1) is 0 Å². The van der Waals surface area contributed by atoms with Crippen LogP contribution in [0.4, 0.5) is 29.5 Å². The Morgan fingerprint density at radius 3 is 2.42 bits per heavy atom. The number of carbonyl (C=O) groups is 2. The van der Waals surface area contributed by atoms with E-state index in [2.05, 4.69) is 15.6 Å². The van der Waals surface area contributed by atoms with Gasteiger partial charge in [0.05, 0.1) is 16.8 Å². The molecule has 0 saturated carbocycles. The van der Waals surface area contributed by atoms with E-state index in [-0.39, 0.29) is 5.91 Å². The lowest BCUT2D eigenvalue weighted by molar-refractivity contribution is -0.137. The maximum absolute atomic E-state index is 12.6. The Bertz CT molecular complexity index is 1160. The minimum absolute atomic E-state index is 0.279. The SMILES string of the molecule is CC(=O)Nc1cn(C(=O)OC(C)(C)C)c2ccc(CCNc3ccc(C(F)(F)F)cn3)cc12. The van der Waals surface area contributed by atoms with Gasteiger partial charge in [-0.2, -0.15) is 13.2 Å². The van der Waals surface area contributed by atoms with Crippen molar-refractivity contribution in [3.8, 4) is 0 Å². The predicted octanol–water partition coefficient (Wildman–Crippen LogP) is 5.45. The van der Waals surface area contributed by atoms with Crippen molar-refractivity contribution in [2.75, 3.05) is 17.2 Å². The van der Waals surface area contributed by atoms with Gasteiger partial charge in [0.15, 0.2) is 0 Å². The number of pyridine rings is 1. The summed E-state index contributed by atoms with van der Waals surface area (Å²) in [5.74, 6) is 0.0535. The van der Waals surface area contributed by atoms with Gasteiger partial charge in [-0.25, -0.2) is 9.78 Å². The second kappa shape index (κ2) is 9.13. The molecule has 2 heterocycles. The van der Waals surface area contributed by atoms with E-state index in [9.17, 15) is 22.8 Å². The van der Waals surface area contributed by atoms with Crippen molar-refractivity contribution in [1.29, 1.82) is 0 Å². The molecule has 0 fully saturated rings. The largest absolute Gasteiger partial charge is 0.443 e. The number of rotatable bonds is 5. The minimum atomic E-state index is -4.43. The van der Waals surface area contributed by atoms with Crippen molar-refractivity contribution in [3.63, 3.8) is 0 Å². The average molecular weight is 462 g/mol. The summed E-state index contributed by atoms with van der Waals surface area (Å²) in [7, 11) is 0. The van der Waals surface area contributed by atoms with Gasteiger partial charge in [-0.15, -0.1) is 0 Å². The van der Waals surface area contributed by atoms with E-state index < -0.39 is 23.4 Å². The zero-order valence-corrected chi connectivity index (χ0v) is 18.7. The third-order valence-corrected chi connectivity index (χ3v) is 4.58. The molecule has 10 heteroatoms. The number of fused-ring (bicyclic) bond motifs is 1. The molecule has 2 N–H and O–H groups in total. The van der Waals surface area contributed by atoms with Crippen LogP contribution in [0.2, 0.25) is 0 Å².